The first-order valence-corrected chi connectivity index (χ1v) is 10.6. The van der Waals surface area contributed by atoms with Gasteiger partial charge in [0.05, 0.1) is 6.42 Å². The molecule has 0 atom stereocenters. The predicted octanol–water partition coefficient (Wildman–Crippen LogP) is 3.39. The third-order valence-electron chi connectivity index (χ3n) is 7.00. The van der Waals surface area contributed by atoms with Gasteiger partial charge in [0.15, 0.2) is 0 Å². The Morgan fingerprint density at radius 3 is 1.28 bits per heavy atom. The minimum absolute atomic E-state index is 0.0386. The number of carbonyl (C=O) groups is 2. The highest BCUT2D eigenvalue weighted by molar-refractivity contribution is 5.93. The molecule has 4 N–H and O–H groups in total. The second-order valence-electron chi connectivity index (χ2n) is 11.8. The van der Waals surface area contributed by atoms with Crippen molar-refractivity contribution >= 4 is 11.9 Å². The van der Waals surface area contributed by atoms with Crippen molar-refractivity contribution in [2.45, 2.75) is 61.8 Å². The van der Waals surface area contributed by atoms with Crippen LogP contribution in [0.2, 0.25) is 0 Å². The van der Waals surface area contributed by atoms with Gasteiger partial charge in [0.1, 0.15) is 0 Å². The number of allylic oxidation sites excluding steroid dienone is 1. The second-order valence-corrected chi connectivity index (χ2v) is 11.8. The largest absolute Gasteiger partial charge is 0.481 e. The smallest absolute Gasteiger partial charge is 0.332 e. The van der Waals surface area contributed by atoms with Gasteiger partial charge in [0.2, 0.25) is 0 Å². The molecule has 0 aliphatic carbocycles. The number of hydrogen-bond acceptors (Lipinski definition) is 4. The van der Waals surface area contributed by atoms with Crippen molar-refractivity contribution in [3.63, 3.8) is 0 Å². The van der Waals surface area contributed by atoms with Crippen LogP contribution in [-0.4, -0.2) is 48.3 Å². The molecule has 0 aromatic heterocycles. The Hall–Kier alpha value is -1.40. The van der Waals surface area contributed by atoms with Crippen LogP contribution in [0.4, 0.5) is 0 Å². The van der Waals surface area contributed by atoms with E-state index in [1.807, 2.05) is 0 Å². The number of aliphatic carboxylic acids is 2. The molecule has 2 heterocycles. The fourth-order valence-corrected chi connectivity index (χ4v) is 6.59. The van der Waals surface area contributed by atoms with Gasteiger partial charge in [-0.25, -0.2) is 4.79 Å². The number of carboxylic acid groups (broad SMARTS) is 2. The number of carboxylic acids is 2. The van der Waals surface area contributed by atoms with E-state index in [0.717, 1.165) is 31.8 Å². The standard InChI is InChI=1S/C23H40N2O4/c1-20(2)10-24-11-21(3,4)17(20)16(14(19(28)29)9-15(26)27)18-22(5,6)12-25-13-23(18,7)8/h17-18,24-25H,9-13H2,1-8H3,(H,26,27)(H,28,29). The molecule has 6 nitrogen and oxygen atoms in total. The minimum Gasteiger partial charge on any atom is -0.481 e. The van der Waals surface area contributed by atoms with Crippen LogP contribution in [0.3, 0.4) is 0 Å². The SMILES string of the molecule is CC1(C)CNCC(C)(C)C1C(=C(CC(=O)O)C(=O)O)C1C(C)(C)CNCC1(C)C. The number of piperidine rings is 2. The summed E-state index contributed by atoms with van der Waals surface area (Å²) in [5.41, 5.74) is 0.132. The molecular formula is C23H40N2O4. The summed E-state index contributed by atoms with van der Waals surface area (Å²) in [5, 5.41) is 26.8. The van der Waals surface area contributed by atoms with Crippen LogP contribution >= 0.6 is 0 Å². The first-order valence-electron chi connectivity index (χ1n) is 10.6. The summed E-state index contributed by atoms with van der Waals surface area (Å²) >= 11 is 0. The van der Waals surface area contributed by atoms with Gasteiger partial charge in [0, 0.05) is 31.8 Å². The molecule has 166 valence electrons. The maximum atomic E-state index is 12.5. The zero-order valence-electron chi connectivity index (χ0n) is 19.4. The molecule has 2 fully saturated rings. The second kappa shape index (κ2) is 7.69. The molecular weight excluding hydrogens is 368 g/mol. The molecule has 2 aliphatic rings. The van der Waals surface area contributed by atoms with E-state index in [9.17, 15) is 19.8 Å². The summed E-state index contributed by atoms with van der Waals surface area (Å²) in [6.45, 7) is 20.5. The van der Waals surface area contributed by atoms with Gasteiger partial charge in [-0.3, -0.25) is 4.79 Å². The van der Waals surface area contributed by atoms with Gasteiger partial charge >= 0.3 is 11.9 Å². The lowest BCUT2D eigenvalue weighted by Crippen LogP contribution is -2.60. The van der Waals surface area contributed by atoms with Gasteiger partial charge in [-0.15, -0.1) is 0 Å². The molecule has 2 rings (SSSR count). The molecule has 2 aliphatic heterocycles. The molecule has 6 heteroatoms. The van der Waals surface area contributed by atoms with Crippen LogP contribution in [-0.2, 0) is 9.59 Å². The topological polar surface area (TPSA) is 98.7 Å². The highest BCUT2D eigenvalue weighted by Gasteiger charge is 2.55. The fourth-order valence-electron chi connectivity index (χ4n) is 6.59. The van der Waals surface area contributed by atoms with Crippen molar-refractivity contribution in [3.8, 4) is 0 Å². The first kappa shape index (κ1) is 23.9. The maximum absolute atomic E-state index is 12.5. The van der Waals surface area contributed by atoms with E-state index in [1.165, 1.54) is 0 Å². The number of hydrogen-bond donors (Lipinski definition) is 4. The van der Waals surface area contributed by atoms with E-state index in [4.69, 9.17) is 0 Å². The Balaban J connectivity index is 2.89. The minimum atomic E-state index is -1.10. The van der Waals surface area contributed by atoms with E-state index < -0.39 is 18.4 Å². The van der Waals surface area contributed by atoms with E-state index >= 15 is 0 Å². The summed E-state index contributed by atoms with van der Waals surface area (Å²) in [4.78, 5) is 24.2. The van der Waals surface area contributed by atoms with Gasteiger partial charge in [-0.2, -0.15) is 0 Å². The lowest BCUT2D eigenvalue weighted by atomic mass is 9.50. The molecule has 0 bridgehead atoms. The monoisotopic (exact) mass is 408 g/mol. The van der Waals surface area contributed by atoms with Gasteiger partial charge in [0.25, 0.3) is 0 Å². The molecule has 0 aromatic carbocycles. The Morgan fingerprint density at radius 1 is 0.724 bits per heavy atom. The van der Waals surface area contributed by atoms with Gasteiger partial charge in [-0.1, -0.05) is 61.0 Å². The molecule has 0 radical (unpaired) electrons. The molecule has 0 saturated carbocycles. The third-order valence-corrected chi connectivity index (χ3v) is 7.00. The summed E-state index contributed by atoms with van der Waals surface area (Å²) < 4.78 is 0. The lowest BCUT2D eigenvalue weighted by Gasteiger charge is -2.58. The third kappa shape index (κ3) is 4.69. The molecule has 2 saturated heterocycles. The van der Waals surface area contributed by atoms with Gasteiger partial charge < -0.3 is 20.8 Å². The Kier molecular flexibility index (Phi) is 6.33. The van der Waals surface area contributed by atoms with Crippen molar-refractivity contribution in [1.82, 2.24) is 10.6 Å². The first-order chi connectivity index (χ1) is 13.0. The van der Waals surface area contributed by atoms with E-state index in [2.05, 4.69) is 66.0 Å². The quantitative estimate of drug-likeness (QED) is 0.521. The van der Waals surface area contributed by atoms with E-state index in [-0.39, 0.29) is 39.1 Å². The summed E-state index contributed by atoms with van der Waals surface area (Å²) in [7, 11) is 0. The maximum Gasteiger partial charge on any atom is 0.332 e. The zero-order chi connectivity index (χ0) is 22.4. The van der Waals surface area contributed by atoms with Crippen molar-refractivity contribution < 1.29 is 19.8 Å². The summed E-state index contributed by atoms with van der Waals surface area (Å²) in [6.07, 6.45) is -0.448. The molecule has 0 spiro atoms. The highest BCUT2D eigenvalue weighted by Crippen LogP contribution is 2.57. The van der Waals surface area contributed by atoms with E-state index in [0.29, 0.717) is 0 Å². The Labute approximate surface area is 175 Å². The predicted molar refractivity (Wildman–Crippen MR) is 115 cm³/mol. The number of nitrogens with one attached hydrogen (secondary N) is 2. The average molecular weight is 409 g/mol. The van der Waals surface area contributed by atoms with Crippen LogP contribution in [0.1, 0.15) is 61.8 Å². The summed E-state index contributed by atoms with van der Waals surface area (Å²) in [5.74, 6) is -2.27. The van der Waals surface area contributed by atoms with Crippen LogP contribution < -0.4 is 10.6 Å². The van der Waals surface area contributed by atoms with Crippen molar-refractivity contribution in [2.75, 3.05) is 26.2 Å². The van der Waals surface area contributed by atoms with Crippen molar-refractivity contribution in [3.05, 3.63) is 11.1 Å². The highest BCUT2D eigenvalue weighted by atomic mass is 16.4. The molecule has 0 unspecified atom stereocenters. The molecule has 0 amide bonds. The normalized spacial score (nSPS) is 25.9. The van der Waals surface area contributed by atoms with Gasteiger partial charge in [-0.05, 0) is 33.5 Å². The van der Waals surface area contributed by atoms with Crippen LogP contribution in [0.15, 0.2) is 11.1 Å². The molecule has 29 heavy (non-hydrogen) atoms. The van der Waals surface area contributed by atoms with Crippen LogP contribution in [0.25, 0.3) is 0 Å². The zero-order valence-corrected chi connectivity index (χ0v) is 19.4. The average Bonchev–Trinajstić information content (AvgIpc) is 2.47. The van der Waals surface area contributed by atoms with E-state index in [1.54, 1.807) is 0 Å². The Morgan fingerprint density at radius 2 is 1.03 bits per heavy atom. The molecule has 0 aromatic rings. The van der Waals surface area contributed by atoms with Crippen LogP contribution in [0, 0.1) is 33.5 Å². The van der Waals surface area contributed by atoms with Crippen molar-refractivity contribution in [1.29, 1.82) is 0 Å². The summed E-state index contributed by atoms with van der Waals surface area (Å²) in [6, 6.07) is 0. The Bertz CT molecular complexity index is 632. The lowest BCUT2D eigenvalue weighted by molar-refractivity contribution is -0.140. The number of rotatable bonds is 5. The fraction of sp³-hybridized carbons (Fsp3) is 0.826. The van der Waals surface area contributed by atoms with Crippen molar-refractivity contribution in [2.24, 2.45) is 33.5 Å². The van der Waals surface area contributed by atoms with Crippen LogP contribution in [0.5, 0.6) is 0 Å².